The van der Waals surface area contributed by atoms with Gasteiger partial charge in [-0.25, -0.2) is 4.39 Å². The van der Waals surface area contributed by atoms with Gasteiger partial charge < -0.3 is 5.73 Å². The predicted octanol–water partition coefficient (Wildman–Crippen LogP) is 4.32. The van der Waals surface area contributed by atoms with Crippen LogP contribution in [0.5, 0.6) is 0 Å². The first kappa shape index (κ1) is 18.0. The molecule has 2 N–H and O–H groups in total. The lowest BCUT2D eigenvalue weighted by Crippen LogP contribution is -2.09. The van der Waals surface area contributed by atoms with E-state index in [2.05, 4.69) is 5.10 Å². The van der Waals surface area contributed by atoms with Gasteiger partial charge in [0.1, 0.15) is 5.82 Å². The SMILES string of the molecule is Cn1cc(C(N)=O)cn1.Fc1cccc(-c2ccc(Cl)c(Cl)c2)c1. The molecule has 0 saturated carbocycles. The second-order valence-corrected chi connectivity index (χ2v) is 5.72. The van der Waals surface area contributed by atoms with E-state index < -0.39 is 5.91 Å². The van der Waals surface area contributed by atoms with Crippen LogP contribution in [0.3, 0.4) is 0 Å². The van der Waals surface area contributed by atoms with Crippen molar-refractivity contribution in [2.24, 2.45) is 12.8 Å². The zero-order valence-corrected chi connectivity index (χ0v) is 14.2. The maximum atomic E-state index is 13.0. The summed E-state index contributed by atoms with van der Waals surface area (Å²) in [4.78, 5) is 10.4. The van der Waals surface area contributed by atoms with Gasteiger partial charge in [0.25, 0.3) is 5.91 Å². The number of nitrogens with two attached hydrogens (primary N) is 1. The highest BCUT2D eigenvalue weighted by molar-refractivity contribution is 6.42. The highest BCUT2D eigenvalue weighted by Gasteiger charge is 2.02. The molecule has 0 bridgehead atoms. The van der Waals surface area contributed by atoms with Gasteiger partial charge in [-0.1, -0.05) is 41.4 Å². The second-order valence-electron chi connectivity index (χ2n) is 4.91. The lowest BCUT2D eigenvalue weighted by molar-refractivity contribution is 0.1000. The fraction of sp³-hybridized carbons (Fsp3) is 0.0588. The Labute approximate surface area is 148 Å². The highest BCUT2D eigenvalue weighted by Crippen LogP contribution is 2.28. The third-order valence-corrected chi connectivity index (χ3v) is 3.81. The van der Waals surface area contributed by atoms with Crippen LogP contribution in [0.2, 0.25) is 10.0 Å². The molecule has 0 aliphatic rings. The van der Waals surface area contributed by atoms with Crippen molar-refractivity contribution >= 4 is 29.1 Å². The first-order valence-electron chi connectivity index (χ1n) is 6.86. The molecule has 0 aliphatic carbocycles. The molecule has 4 nitrogen and oxygen atoms in total. The average molecular weight is 366 g/mol. The normalized spacial score (nSPS) is 10.0. The standard InChI is InChI=1S/C12H7Cl2F.C5H7N3O/c13-11-5-4-9(7-12(11)14)8-2-1-3-10(15)6-8;1-8-3-4(2-7-8)5(6)9/h1-7H;2-3H,1H3,(H2,6,9). The summed E-state index contributed by atoms with van der Waals surface area (Å²) in [6, 6.07) is 11.6. The van der Waals surface area contributed by atoms with Crippen molar-refractivity contribution in [1.29, 1.82) is 0 Å². The topological polar surface area (TPSA) is 60.9 Å². The molecule has 0 spiro atoms. The summed E-state index contributed by atoms with van der Waals surface area (Å²) in [7, 11) is 1.73. The molecule has 0 fully saturated rings. The van der Waals surface area contributed by atoms with Gasteiger partial charge in [-0.3, -0.25) is 9.48 Å². The number of carbonyl (C=O) groups excluding carboxylic acids is 1. The lowest BCUT2D eigenvalue weighted by atomic mass is 10.1. The molecule has 0 atom stereocenters. The molecule has 0 unspecified atom stereocenters. The van der Waals surface area contributed by atoms with Crippen LogP contribution < -0.4 is 5.73 Å². The van der Waals surface area contributed by atoms with E-state index in [-0.39, 0.29) is 5.82 Å². The van der Waals surface area contributed by atoms with Crippen LogP contribution in [0.15, 0.2) is 54.9 Å². The van der Waals surface area contributed by atoms with E-state index in [4.69, 9.17) is 28.9 Å². The van der Waals surface area contributed by atoms with Gasteiger partial charge >= 0.3 is 0 Å². The summed E-state index contributed by atoms with van der Waals surface area (Å²) in [6.07, 6.45) is 3.00. The molecule has 0 saturated heterocycles. The molecular weight excluding hydrogens is 352 g/mol. The van der Waals surface area contributed by atoms with Gasteiger partial charge in [0.15, 0.2) is 0 Å². The molecule has 1 amide bonds. The van der Waals surface area contributed by atoms with Crippen molar-refractivity contribution in [2.75, 3.05) is 0 Å². The number of halogens is 3. The van der Waals surface area contributed by atoms with Crippen LogP contribution in [0.25, 0.3) is 11.1 Å². The van der Waals surface area contributed by atoms with Crippen molar-refractivity contribution in [3.63, 3.8) is 0 Å². The smallest absolute Gasteiger partial charge is 0.251 e. The zero-order valence-electron chi connectivity index (χ0n) is 12.7. The predicted molar refractivity (Wildman–Crippen MR) is 93.6 cm³/mol. The Morgan fingerprint density at radius 3 is 2.33 bits per heavy atom. The molecule has 24 heavy (non-hydrogen) atoms. The molecule has 0 aliphatic heterocycles. The van der Waals surface area contributed by atoms with Crippen molar-refractivity contribution in [3.8, 4) is 11.1 Å². The lowest BCUT2D eigenvalue weighted by Gasteiger charge is -2.03. The molecule has 3 rings (SSSR count). The van der Waals surface area contributed by atoms with E-state index in [9.17, 15) is 9.18 Å². The Balaban J connectivity index is 0.000000198. The number of nitrogens with zero attached hydrogens (tertiary/aromatic N) is 2. The van der Waals surface area contributed by atoms with Crippen LogP contribution in [-0.2, 0) is 7.05 Å². The second kappa shape index (κ2) is 7.95. The molecule has 3 aromatic rings. The zero-order chi connectivity index (χ0) is 17.7. The fourth-order valence-corrected chi connectivity index (χ4v) is 2.19. The van der Waals surface area contributed by atoms with E-state index in [0.717, 1.165) is 11.1 Å². The van der Waals surface area contributed by atoms with Crippen LogP contribution in [-0.4, -0.2) is 15.7 Å². The van der Waals surface area contributed by atoms with E-state index in [1.165, 1.54) is 23.0 Å². The number of carbonyl (C=O) groups is 1. The van der Waals surface area contributed by atoms with E-state index in [0.29, 0.717) is 15.6 Å². The number of primary amides is 1. The van der Waals surface area contributed by atoms with Gasteiger partial charge in [0.05, 0.1) is 21.8 Å². The number of aromatic nitrogens is 2. The summed E-state index contributed by atoms with van der Waals surface area (Å²) in [6.45, 7) is 0. The maximum Gasteiger partial charge on any atom is 0.251 e. The Hall–Kier alpha value is -2.37. The van der Waals surface area contributed by atoms with Gasteiger partial charge in [-0.2, -0.15) is 5.10 Å². The average Bonchev–Trinajstić information content (AvgIpc) is 2.97. The number of hydrogen-bond acceptors (Lipinski definition) is 2. The monoisotopic (exact) mass is 365 g/mol. The van der Waals surface area contributed by atoms with Gasteiger partial charge in [0.2, 0.25) is 0 Å². The Bertz CT molecular complexity index is 865. The van der Waals surface area contributed by atoms with Crippen LogP contribution >= 0.6 is 23.2 Å². The van der Waals surface area contributed by atoms with E-state index >= 15 is 0 Å². The quantitative estimate of drug-likeness (QED) is 0.734. The van der Waals surface area contributed by atoms with E-state index in [1.54, 1.807) is 31.4 Å². The molecular formula is C17H14Cl2FN3O. The Morgan fingerprint density at radius 2 is 1.83 bits per heavy atom. The number of benzene rings is 2. The van der Waals surface area contributed by atoms with Crippen molar-refractivity contribution in [3.05, 3.63) is 76.3 Å². The third-order valence-electron chi connectivity index (χ3n) is 3.07. The minimum absolute atomic E-state index is 0.265. The number of amides is 1. The molecule has 7 heteroatoms. The molecule has 0 radical (unpaired) electrons. The maximum absolute atomic E-state index is 13.0. The Kier molecular flexibility index (Phi) is 5.95. The largest absolute Gasteiger partial charge is 0.366 e. The fourth-order valence-electron chi connectivity index (χ4n) is 1.89. The van der Waals surface area contributed by atoms with Crippen molar-refractivity contribution in [2.45, 2.75) is 0 Å². The van der Waals surface area contributed by atoms with Crippen LogP contribution in [0, 0.1) is 5.82 Å². The summed E-state index contributed by atoms with van der Waals surface area (Å²) >= 11 is 11.7. The molecule has 124 valence electrons. The number of aryl methyl sites for hydroxylation is 1. The molecule has 2 aromatic carbocycles. The summed E-state index contributed by atoms with van der Waals surface area (Å²) in [5, 5.41) is 4.72. The van der Waals surface area contributed by atoms with Gasteiger partial charge in [0, 0.05) is 13.2 Å². The summed E-state index contributed by atoms with van der Waals surface area (Å²) < 4.78 is 14.5. The molecule has 1 aromatic heterocycles. The number of hydrogen-bond donors (Lipinski definition) is 1. The van der Waals surface area contributed by atoms with Crippen molar-refractivity contribution < 1.29 is 9.18 Å². The summed E-state index contributed by atoms with van der Waals surface area (Å²) in [5.74, 6) is -0.707. The first-order chi connectivity index (χ1) is 11.4. The van der Waals surface area contributed by atoms with Gasteiger partial charge in [-0.05, 0) is 35.4 Å². The minimum Gasteiger partial charge on any atom is -0.366 e. The van der Waals surface area contributed by atoms with Crippen LogP contribution in [0.1, 0.15) is 10.4 Å². The molecule has 1 heterocycles. The van der Waals surface area contributed by atoms with Crippen LogP contribution in [0.4, 0.5) is 4.39 Å². The van der Waals surface area contributed by atoms with Crippen molar-refractivity contribution in [1.82, 2.24) is 9.78 Å². The summed E-state index contributed by atoms with van der Waals surface area (Å²) in [5.41, 5.74) is 7.01. The highest BCUT2D eigenvalue weighted by atomic mass is 35.5. The third kappa shape index (κ3) is 4.81. The van der Waals surface area contributed by atoms with E-state index in [1.807, 2.05) is 12.1 Å². The van der Waals surface area contributed by atoms with Gasteiger partial charge in [-0.15, -0.1) is 0 Å². The minimum atomic E-state index is -0.442. The Morgan fingerprint density at radius 1 is 1.12 bits per heavy atom. The number of rotatable bonds is 2. The first-order valence-corrected chi connectivity index (χ1v) is 7.62.